The van der Waals surface area contributed by atoms with Crippen molar-refractivity contribution in [1.82, 2.24) is 0 Å². The number of ether oxygens (including phenoxy) is 2. The second-order valence-electron chi connectivity index (χ2n) is 5.09. The Morgan fingerprint density at radius 1 is 1.20 bits per heavy atom. The van der Waals surface area contributed by atoms with Gasteiger partial charge in [0.1, 0.15) is 5.75 Å². The van der Waals surface area contributed by atoms with E-state index in [4.69, 9.17) is 21.1 Å². The first-order valence-corrected chi connectivity index (χ1v) is 9.05. The Morgan fingerprint density at radius 2 is 1.92 bits per heavy atom. The Hall–Kier alpha value is -2.18. The van der Waals surface area contributed by atoms with E-state index in [1.54, 1.807) is 30.3 Å². The van der Waals surface area contributed by atoms with Crippen LogP contribution in [0, 0.1) is 0 Å². The Morgan fingerprint density at radius 3 is 2.56 bits per heavy atom. The topological polar surface area (TPSA) is 64.6 Å². The Bertz CT molecular complexity index is 781. The van der Waals surface area contributed by atoms with Gasteiger partial charge in [0, 0.05) is 10.6 Å². The molecule has 0 fully saturated rings. The molecule has 1 atom stereocenters. The van der Waals surface area contributed by atoms with Crippen molar-refractivity contribution in [2.45, 2.75) is 17.9 Å². The van der Waals surface area contributed by atoms with Crippen molar-refractivity contribution in [2.24, 2.45) is 0 Å². The molecule has 7 heteroatoms. The molecule has 1 N–H and O–H groups in total. The van der Waals surface area contributed by atoms with Crippen molar-refractivity contribution in [3.05, 3.63) is 53.1 Å². The smallest absolute Gasteiger partial charge is 0.340 e. The fourth-order valence-corrected chi connectivity index (χ4v) is 2.92. The van der Waals surface area contributed by atoms with Crippen molar-refractivity contribution in [2.75, 3.05) is 18.7 Å². The second-order valence-corrected chi connectivity index (χ2v) is 6.34. The maximum absolute atomic E-state index is 12.3. The molecule has 0 radical (unpaired) electrons. The van der Waals surface area contributed by atoms with Gasteiger partial charge in [-0.1, -0.05) is 23.7 Å². The SMILES string of the molecule is COc1ccc(NC(=O)[C@@H](C)OC(=O)c2ccccc2SC)cc1Cl. The molecule has 0 unspecified atom stereocenters. The van der Waals surface area contributed by atoms with E-state index in [1.165, 1.54) is 25.8 Å². The van der Waals surface area contributed by atoms with E-state index in [0.717, 1.165) is 4.90 Å². The first-order valence-electron chi connectivity index (χ1n) is 7.44. The van der Waals surface area contributed by atoms with Crippen molar-refractivity contribution in [1.29, 1.82) is 0 Å². The summed E-state index contributed by atoms with van der Waals surface area (Å²) in [5.74, 6) is -0.482. The zero-order valence-corrected chi connectivity index (χ0v) is 15.6. The average Bonchev–Trinajstić information content (AvgIpc) is 2.61. The van der Waals surface area contributed by atoms with Gasteiger partial charge in [0.25, 0.3) is 5.91 Å². The van der Waals surface area contributed by atoms with Gasteiger partial charge in [0.2, 0.25) is 0 Å². The summed E-state index contributed by atoms with van der Waals surface area (Å²) < 4.78 is 10.3. The summed E-state index contributed by atoms with van der Waals surface area (Å²) in [5.41, 5.74) is 0.922. The lowest BCUT2D eigenvalue weighted by molar-refractivity contribution is -0.123. The number of hydrogen-bond acceptors (Lipinski definition) is 5. The summed E-state index contributed by atoms with van der Waals surface area (Å²) in [6, 6.07) is 11.9. The van der Waals surface area contributed by atoms with Crippen LogP contribution < -0.4 is 10.1 Å². The van der Waals surface area contributed by atoms with E-state index < -0.39 is 18.0 Å². The Kier molecular flexibility index (Phi) is 6.73. The summed E-state index contributed by atoms with van der Waals surface area (Å²) in [4.78, 5) is 25.3. The van der Waals surface area contributed by atoms with Crippen molar-refractivity contribution in [3.8, 4) is 5.75 Å². The van der Waals surface area contributed by atoms with E-state index in [1.807, 2.05) is 18.4 Å². The van der Waals surface area contributed by atoms with Gasteiger partial charge in [0.05, 0.1) is 17.7 Å². The van der Waals surface area contributed by atoms with E-state index in [9.17, 15) is 9.59 Å². The van der Waals surface area contributed by atoms with Crippen LogP contribution in [0.5, 0.6) is 5.75 Å². The number of benzene rings is 2. The second kappa shape index (κ2) is 8.78. The highest BCUT2D eigenvalue weighted by Crippen LogP contribution is 2.27. The predicted octanol–water partition coefficient (Wildman–Crippen LogP) is 4.25. The molecule has 5 nitrogen and oxygen atoms in total. The monoisotopic (exact) mass is 379 g/mol. The van der Waals surface area contributed by atoms with Gasteiger partial charge in [-0.3, -0.25) is 4.79 Å². The summed E-state index contributed by atoms with van der Waals surface area (Å²) in [6.07, 6.45) is 0.915. The first-order chi connectivity index (χ1) is 12.0. The highest BCUT2D eigenvalue weighted by Gasteiger charge is 2.21. The van der Waals surface area contributed by atoms with E-state index in [0.29, 0.717) is 22.0 Å². The fourth-order valence-electron chi connectivity index (χ4n) is 2.08. The molecule has 0 aliphatic rings. The minimum Gasteiger partial charge on any atom is -0.495 e. The van der Waals surface area contributed by atoms with Crippen LogP contribution in [0.4, 0.5) is 5.69 Å². The number of rotatable bonds is 6. The quantitative estimate of drug-likeness (QED) is 0.600. The maximum atomic E-state index is 12.3. The summed E-state index contributed by atoms with van der Waals surface area (Å²) in [5, 5.41) is 3.03. The van der Waals surface area contributed by atoms with Crippen molar-refractivity contribution >= 4 is 40.9 Å². The summed E-state index contributed by atoms with van der Waals surface area (Å²) in [7, 11) is 1.51. The van der Waals surface area contributed by atoms with Crippen LogP contribution in [-0.4, -0.2) is 31.3 Å². The van der Waals surface area contributed by atoms with Crippen molar-refractivity contribution in [3.63, 3.8) is 0 Å². The predicted molar refractivity (Wildman–Crippen MR) is 99.7 cm³/mol. The molecule has 2 aromatic carbocycles. The number of anilines is 1. The zero-order chi connectivity index (χ0) is 18.4. The number of carbonyl (C=O) groups is 2. The summed E-state index contributed by atoms with van der Waals surface area (Å²) in [6.45, 7) is 1.51. The largest absolute Gasteiger partial charge is 0.495 e. The lowest BCUT2D eigenvalue weighted by Crippen LogP contribution is -2.30. The number of amides is 1. The average molecular weight is 380 g/mol. The molecule has 0 bridgehead atoms. The van der Waals surface area contributed by atoms with E-state index in [-0.39, 0.29) is 0 Å². The fraction of sp³-hybridized carbons (Fsp3) is 0.222. The lowest BCUT2D eigenvalue weighted by atomic mass is 10.2. The van der Waals surface area contributed by atoms with Gasteiger partial charge in [-0.25, -0.2) is 4.79 Å². The summed E-state index contributed by atoms with van der Waals surface area (Å²) >= 11 is 7.47. The van der Waals surface area contributed by atoms with Gasteiger partial charge < -0.3 is 14.8 Å². The number of carbonyl (C=O) groups excluding carboxylic acids is 2. The minimum absolute atomic E-state index is 0.374. The third-order valence-corrected chi connectivity index (χ3v) is 4.49. The zero-order valence-electron chi connectivity index (χ0n) is 14.0. The molecule has 0 spiro atoms. The van der Waals surface area contributed by atoms with Crippen LogP contribution in [0.25, 0.3) is 0 Å². The van der Waals surface area contributed by atoms with Gasteiger partial charge in [0.15, 0.2) is 6.10 Å². The molecule has 0 aromatic heterocycles. The van der Waals surface area contributed by atoms with Crippen LogP contribution in [0.3, 0.4) is 0 Å². The van der Waals surface area contributed by atoms with Gasteiger partial charge >= 0.3 is 5.97 Å². The number of methoxy groups -OCH3 is 1. The number of hydrogen-bond donors (Lipinski definition) is 1. The molecule has 25 heavy (non-hydrogen) atoms. The maximum Gasteiger partial charge on any atom is 0.340 e. The molecule has 0 heterocycles. The standard InChI is InChI=1S/C18H18ClNO4S/c1-11(24-18(22)13-6-4-5-7-16(13)25-3)17(21)20-12-8-9-15(23-2)14(19)10-12/h4-11H,1-3H3,(H,20,21)/t11-/m1/s1. The third kappa shape index (κ3) is 4.90. The normalized spacial score (nSPS) is 11.5. The highest BCUT2D eigenvalue weighted by atomic mass is 35.5. The molecule has 2 rings (SSSR count). The Labute approximate surface area is 155 Å². The third-order valence-electron chi connectivity index (χ3n) is 3.40. The highest BCUT2D eigenvalue weighted by molar-refractivity contribution is 7.98. The van der Waals surface area contributed by atoms with Crippen LogP contribution in [0.2, 0.25) is 5.02 Å². The van der Waals surface area contributed by atoms with Gasteiger partial charge in [-0.2, -0.15) is 0 Å². The number of thioether (sulfide) groups is 1. The molecule has 0 aliphatic heterocycles. The molecule has 0 saturated heterocycles. The Balaban J connectivity index is 2.02. The molecule has 2 aromatic rings. The van der Waals surface area contributed by atoms with Crippen LogP contribution >= 0.6 is 23.4 Å². The molecule has 0 saturated carbocycles. The van der Waals surface area contributed by atoms with Crippen LogP contribution in [0.1, 0.15) is 17.3 Å². The van der Waals surface area contributed by atoms with Crippen LogP contribution in [-0.2, 0) is 9.53 Å². The first kappa shape index (κ1) is 19.1. The van der Waals surface area contributed by atoms with Crippen LogP contribution in [0.15, 0.2) is 47.4 Å². The molecular formula is C18H18ClNO4S. The van der Waals surface area contributed by atoms with Crippen molar-refractivity contribution < 1.29 is 19.1 Å². The van der Waals surface area contributed by atoms with E-state index >= 15 is 0 Å². The van der Waals surface area contributed by atoms with E-state index in [2.05, 4.69) is 5.32 Å². The lowest BCUT2D eigenvalue weighted by Gasteiger charge is -2.15. The van der Waals surface area contributed by atoms with Gasteiger partial charge in [-0.05, 0) is 43.5 Å². The molecule has 1 amide bonds. The number of esters is 1. The minimum atomic E-state index is -0.955. The van der Waals surface area contributed by atoms with Gasteiger partial charge in [-0.15, -0.1) is 11.8 Å². The molecular weight excluding hydrogens is 362 g/mol. The number of nitrogens with one attached hydrogen (secondary N) is 1. The number of halogens is 1. The molecule has 132 valence electrons. The molecule has 0 aliphatic carbocycles.